The van der Waals surface area contributed by atoms with Crippen molar-refractivity contribution in [3.05, 3.63) is 57.6 Å². The number of halogens is 2. The zero-order valence-electron chi connectivity index (χ0n) is 15.8. The minimum atomic E-state index is -0.830. The highest BCUT2D eigenvalue weighted by atomic mass is 35.5. The number of carbonyl (C=O) groups is 1. The second kappa shape index (κ2) is 9.03. The molecule has 2 aromatic carbocycles. The molecule has 7 heteroatoms. The highest BCUT2D eigenvalue weighted by Crippen LogP contribution is 2.41. The zero-order chi connectivity index (χ0) is 20.3. The number of benzene rings is 2. The van der Waals surface area contributed by atoms with Gasteiger partial charge in [0.15, 0.2) is 11.5 Å². The number of ether oxygens (including phenoxy) is 2. The molecular weight excluding hydrogens is 401 g/mol. The SMILES string of the molecule is COc1ccc(C(c2cccc(Cl)c2Cl)N2CCCCC2C(=O)O)cc1OC. The summed E-state index contributed by atoms with van der Waals surface area (Å²) in [6.45, 7) is 0.652. The van der Waals surface area contributed by atoms with Crippen LogP contribution >= 0.6 is 23.2 Å². The monoisotopic (exact) mass is 423 g/mol. The second-order valence-electron chi connectivity index (χ2n) is 6.75. The standard InChI is InChI=1S/C21H23Cl2NO4/c1-27-17-10-9-13(12-18(17)28-2)20(14-6-5-7-15(22)19(14)23)24-11-4-3-8-16(24)21(25)26/h5-7,9-10,12,16,20H,3-4,8,11H2,1-2H3,(H,25,26). The maximum absolute atomic E-state index is 12.0. The number of hydrogen-bond acceptors (Lipinski definition) is 4. The molecule has 0 radical (unpaired) electrons. The summed E-state index contributed by atoms with van der Waals surface area (Å²) in [6, 6.07) is 10.1. The van der Waals surface area contributed by atoms with Crippen LogP contribution in [0, 0.1) is 0 Å². The third-order valence-electron chi connectivity index (χ3n) is 5.16. The molecule has 28 heavy (non-hydrogen) atoms. The Balaban J connectivity index is 2.17. The molecule has 0 saturated carbocycles. The van der Waals surface area contributed by atoms with E-state index in [0.717, 1.165) is 24.0 Å². The van der Waals surface area contributed by atoms with Crippen LogP contribution in [0.25, 0.3) is 0 Å². The average molecular weight is 424 g/mol. The van der Waals surface area contributed by atoms with Gasteiger partial charge in [0.1, 0.15) is 6.04 Å². The summed E-state index contributed by atoms with van der Waals surface area (Å²) in [6.07, 6.45) is 2.40. The van der Waals surface area contributed by atoms with E-state index in [-0.39, 0.29) is 6.04 Å². The number of carboxylic acid groups (broad SMARTS) is 1. The number of methoxy groups -OCH3 is 2. The fraction of sp³-hybridized carbons (Fsp3) is 0.381. The predicted octanol–water partition coefficient (Wildman–Crippen LogP) is 5.04. The molecule has 150 valence electrons. The van der Waals surface area contributed by atoms with Gasteiger partial charge in [-0.25, -0.2) is 0 Å². The topological polar surface area (TPSA) is 59.0 Å². The minimum Gasteiger partial charge on any atom is -0.493 e. The van der Waals surface area contributed by atoms with Crippen molar-refractivity contribution in [2.24, 2.45) is 0 Å². The normalized spacial score (nSPS) is 18.5. The van der Waals surface area contributed by atoms with Gasteiger partial charge in [0.05, 0.1) is 30.3 Å². The van der Waals surface area contributed by atoms with Gasteiger partial charge in [0.2, 0.25) is 0 Å². The van der Waals surface area contributed by atoms with Crippen LogP contribution in [0.4, 0.5) is 0 Å². The largest absolute Gasteiger partial charge is 0.493 e. The van der Waals surface area contributed by atoms with Crippen LogP contribution in [0.1, 0.15) is 36.4 Å². The Hall–Kier alpha value is -1.95. The summed E-state index contributed by atoms with van der Waals surface area (Å²) in [5.74, 6) is 0.353. The molecule has 1 heterocycles. The van der Waals surface area contributed by atoms with Gasteiger partial charge in [0, 0.05) is 0 Å². The number of likely N-dealkylation sites (tertiary alicyclic amines) is 1. The van der Waals surface area contributed by atoms with Crippen LogP contribution in [0.3, 0.4) is 0 Å². The molecule has 1 aliphatic heterocycles. The molecule has 1 saturated heterocycles. The molecular formula is C21H23Cl2NO4. The van der Waals surface area contributed by atoms with Crippen molar-refractivity contribution in [3.8, 4) is 11.5 Å². The third-order valence-corrected chi connectivity index (χ3v) is 5.99. The maximum Gasteiger partial charge on any atom is 0.320 e. The van der Waals surface area contributed by atoms with Crippen molar-refractivity contribution in [2.45, 2.75) is 31.3 Å². The molecule has 5 nitrogen and oxygen atoms in total. The average Bonchev–Trinajstić information content (AvgIpc) is 2.71. The van der Waals surface area contributed by atoms with Crippen LogP contribution in [0.2, 0.25) is 10.0 Å². The lowest BCUT2D eigenvalue weighted by Crippen LogP contribution is -2.46. The molecule has 1 N–H and O–H groups in total. The van der Waals surface area contributed by atoms with Gasteiger partial charge < -0.3 is 14.6 Å². The van der Waals surface area contributed by atoms with Crippen LogP contribution in [0.5, 0.6) is 11.5 Å². The minimum absolute atomic E-state index is 0.368. The van der Waals surface area contributed by atoms with Crippen LogP contribution < -0.4 is 9.47 Å². The van der Waals surface area contributed by atoms with Crippen molar-refractivity contribution in [1.82, 2.24) is 4.90 Å². The third kappa shape index (κ3) is 4.07. The summed E-state index contributed by atoms with van der Waals surface area (Å²) < 4.78 is 10.8. The van der Waals surface area contributed by atoms with Gasteiger partial charge in [0.25, 0.3) is 0 Å². The van der Waals surface area contributed by atoms with Crippen LogP contribution in [0.15, 0.2) is 36.4 Å². The number of aliphatic carboxylic acids is 1. The summed E-state index contributed by atoms with van der Waals surface area (Å²) in [7, 11) is 3.15. The van der Waals surface area contributed by atoms with E-state index >= 15 is 0 Å². The molecule has 0 spiro atoms. The summed E-state index contributed by atoms with van der Waals surface area (Å²) in [5.41, 5.74) is 1.64. The summed E-state index contributed by atoms with van der Waals surface area (Å²) >= 11 is 12.8. The van der Waals surface area contributed by atoms with E-state index in [1.807, 2.05) is 35.2 Å². The zero-order valence-corrected chi connectivity index (χ0v) is 17.3. The quantitative estimate of drug-likeness (QED) is 0.704. The number of rotatable bonds is 6. The first-order valence-corrected chi connectivity index (χ1v) is 9.88. The van der Waals surface area contributed by atoms with Gasteiger partial charge in [-0.3, -0.25) is 9.69 Å². The molecule has 2 atom stereocenters. The Labute approximate surface area is 174 Å². The van der Waals surface area contributed by atoms with E-state index in [9.17, 15) is 9.90 Å². The van der Waals surface area contributed by atoms with Crippen LogP contribution in [-0.4, -0.2) is 42.8 Å². The van der Waals surface area contributed by atoms with E-state index in [1.54, 1.807) is 20.3 Å². The van der Waals surface area contributed by atoms with E-state index in [1.165, 1.54) is 0 Å². The van der Waals surface area contributed by atoms with Gasteiger partial charge in [-0.1, -0.05) is 47.8 Å². The number of nitrogens with zero attached hydrogens (tertiary/aromatic N) is 1. The Morgan fingerprint density at radius 3 is 2.57 bits per heavy atom. The molecule has 0 aliphatic carbocycles. The highest BCUT2D eigenvalue weighted by molar-refractivity contribution is 6.42. The number of piperidine rings is 1. The van der Waals surface area contributed by atoms with Crippen molar-refractivity contribution < 1.29 is 19.4 Å². The van der Waals surface area contributed by atoms with Gasteiger partial charge in [-0.2, -0.15) is 0 Å². The van der Waals surface area contributed by atoms with Gasteiger partial charge >= 0.3 is 5.97 Å². The van der Waals surface area contributed by atoms with E-state index in [0.29, 0.717) is 34.5 Å². The molecule has 2 unspecified atom stereocenters. The highest BCUT2D eigenvalue weighted by Gasteiger charge is 2.36. The first kappa shape index (κ1) is 20.8. The predicted molar refractivity (Wildman–Crippen MR) is 110 cm³/mol. The molecule has 0 amide bonds. The smallest absolute Gasteiger partial charge is 0.320 e. The lowest BCUT2D eigenvalue weighted by atomic mass is 9.91. The summed E-state index contributed by atoms with van der Waals surface area (Å²) in [4.78, 5) is 14.0. The molecule has 1 aliphatic rings. The summed E-state index contributed by atoms with van der Waals surface area (Å²) in [5, 5.41) is 10.7. The fourth-order valence-electron chi connectivity index (χ4n) is 3.83. The Bertz CT molecular complexity index is 858. The molecule has 1 fully saturated rings. The fourth-order valence-corrected chi connectivity index (χ4v) is 4.24. The molecule has 2 aromatic rings. The Morgan fingerprint density at radius 1 is 1.14 bits per heavy atom. The van der Waals surface area contributed by atoms with Crippen molar-refractivity contribution in [1.29, 1.82) is 0 Å². The second-order valence-corrected chi connectivity index (χ2v) is 7.53. The molecule has 0 aromatic heterocycles. The Kier molecular flexibility index (Phi) is 6.70. The van der Waals surface area contributed by atoms with Gasteiger partial charge in [-0.05, 0) is 48.7 Å². The van der Waals surface area contributed by atoms with E-state index < -0.39 is 12.0 Å². The lowest BCUT2D eigenvalue weighted by Gasteiger charge is -2.40. The van der Waals surface area contributed by atoms with E-state index in [4.69, 9.17) is 32.7 Å². The number of hydrogen-bond donors (Lipinski definition) is 1. The number of carboxylic acids is 1. The van der Waals surface area contributed by atoms with Gasteiger partial charge in [-0.15, -0.1) is 0 Å². The Morgan fingerprint density at radius 2 is 1.89 bits per heavy atom. The molecule has 0 bridgehead atoms. The lowest BCUT2D eigenvalue weighted by molar-refractivity contribution is -0.145. The van der Waals surface area contributed by atoms with Crippen molar-refractivity contribution in [2.75, 3.05) is 20.8 Å². The van der Waals surface area contributed by atoms with Crippen molar-refractivity contribution >= 4 is 29.2 Å². The van der Waals surface area contributed by atoms with Crippen LogP contribution in [-0.2, 0) is 4.79 Å². The van der Waals surface area contributed by atoms with E-state index in [2.05, 4.69) is 0 Å². The maximum atomic E-state index is 12.0. The molecule has 3 rings (SSSR count). The first-order chi connectivity index (χ1) is 13.5. The van der Waals surface area contributed by atoms with Crippen molar-refractivity contribution in [3.63, 3.8) is 0 Å². The first-order valence-electron chi connectivity index (χ1n) is 9.12.